The van der Waals surface area contributed by atoms with E-state index in [2.05, 4.69) is 20.5 Å². The van der Waals surface area contributed by atoms with Gasteiger partial charge in [-0.1, -0.05) is 12.1 Å². The van der Waals surface area contributed by atoms with Crippen molar-refractivity contribution in [3.63, 3.8) is 0 Å². The first-order valence-electron chi connectivity index (χ1n) is 9.23. The van der Waals surface area contributed by atoms with Crippen molar-refractivity contribution in [2.45, 2.75) is 38.9 Å². The largest absolute Gasteiger partial charge is 0.416 e. The summed E-state index contributed by atoms with van der Waals surface area (Å²) in [6, 6.07) is 5.26. The monoisotopic (exact) mass is 512 g/mol. The molecule has 0 radical (unpaired) electrons. The summed E-state index contributed by atoms with van der Waals surface area (Å²) < 4.78 is 38.5. The summed E-state index contributed by atoms with van der Waals surface area (Å²) >= 11 is 0. The van der Waals surface area contributed by atoms with Gasteiger partial charge in [-0.3, -0.25) is 4.79 Å². The molecule has 1 aliphatic heterocycles. The maximum Gasteiger partial charge on any atom is 0.416 e. The van der Waals surface area contributed by atoms with Crippen LogP contribution in [0.5, 0.6) is 0 Å². The lowest BCUT2D eigenvalue weighted by atomic mass is 9.93. The standard InChI is InChI=1S/C19H27F3N4O.HI/c1-3-24-18(26-9-7-14(8-10-26)12-17(27)23-2)25-13-15-5-4-6-16(11-15)19(20,21)22;/h4-6,11,14H,3,7-10,12-13H2,1-2H3,(H,23,27)(H,24,25);1H. The van der Waals surface area contributed by atoms with Crippen LogP contribution in [0.2, 0.25) is 0 Å². The van der Waals surface area contributed by atoms with E-state index >= 15 is 0 Å². The zero-order chi connectivity index (χ0) is 19.9. The first-order chi connectivity index (χ1) is 12.8. The Morgan fingerprint density at radius 2 is 1.96 bits per heavy atom. The summed E-state index contributed by atoms with van der Waals surface area (Å²) in [4.78, 5) is 18.1. The van der Waals surface area contributed by atoms with Crippen LogP contribution in [0.4, 0.5) is 13.2 Å². The van der Waals surface area contributed by atoms with Crippen molar-refractivity contribution in [3.05, 3.63) is 35.4 Å². The molecule has 28 heavy (non-hydrogen) atoms. The van der Waals surface area contributed by atoms with Gasteiger partial charge in [0, 0.05) is 33.1 Å². The van der Waals surface area contributed by atoms with E-state index in [0.29, 0.717) is 30.4 Å². The van der Waals surface area contributed by atoms with Gasteiger partial charge in [0.05, 0.1) is 12.1 Å². The zero-order valence-corrected chi connectivity index (χ0v) is 18.5. The van der Waals surface area contributed by atoms with Crippen LogP contribution in [0.25, 0.3) is 0 Å². The smallest absolute Gasteiger partial charge is 0.359 e. The van der Waals surface area contributed by atoms with Crippen molar-refractivity contribution < 1.29 is 18.0 Å². The predicted molar refractivity (Wildman–Crippen MR) is 115 cm³/mol. The van der Waals surface area contributed by atoms with Crippen LogP contribution in [-0.4, -0.2) is 43.4 Å². The summed E-state index contributed by atoms with van der Waals surface area (Å²) in [6.45, 7) is 4.37. The van der Waals surface area contributed by atoms with Crippen LogP contribution in [0.3, 0.4) is 0 Å². The van der Waals surface area contributed by atoms with Gasteiger partial charge < -0.3 is 15.5 Å². The number of benzene rings is 1. The van der Waals surface area contributed by atoms with Crippen LogP contribution in [0, 0.1) is 5.92 Å². The van der Waals surface area contributed by atoms with Gasteiger partial charge in [-0.05, 0) is 43.4 Å². The number of piperidine rings is 1. The minimum absolute atomic E-state index is 0. The topological polar surface area (TPSA) is 56.7 Å². The van der Waals surface area contributed by atoms with Gasteiger partial charge in [0.1, 0.15) is 0 Å². The van der Waals surface area contributed by atoms with Gasteiger partial charge in [-0.2, -0.15) is 13.2 Å². The molecule has 0 aliphatic carbocycles. The second kappa shape index (κ2) is 11.5. The average Bonchev–Trinajstić information content (AvgIpc) is 2.65. The normalized spacial score (nSPS) is 15.8. The Morgan fingerprint density at radius 1 is 1.29 bits per heavy atom. The van der Waals surface area contributed by atoms with E-state index in [4.69, 9.17) is 0 Å². The highest BCUT2D eigenvalue weighted by molar-refractivity contribution is 14.0. The fourth-order valence-electron chi connectivity index (χ4n) is 3.15. The number of hydrogen-bond donors (Lipinski definition) is 2. The first-order valence-corrected chi connectivity index (χ1v) is 9.23. The molecule has 1 aromatic rings. The van der Waals surface area contributed by atoms with Crippen LogP contribution in [0.15, 0.2) is 29.3 Å². The van der Waals surface area contributed by atoms with Crippen molar-refractivity contribution in [2.24, 2.45) is 10.9 Å². The third-order valence-electron chi connectivity index (χ3n) is 4.67. The third-order valence-corrected chi connectivity index (χ3v) is 4.67. The van der Waals surface area contributed by atoms with E-state index in [1.807, 2.05) is 6.92 Å². The zero-order valence-electron chi connectivity index (χ0n) is 16.2. The highest BCUT2D eigenvalue weighted by atomic mass is 127. The molecule has 0 bridgehead atoms. The van der Waals surface area contributed by atoms with E-state index in [1.54, 1.807) is 13.1 Å². The Kier molecular flexibility index (Phi) is 10.0. The van der Waals surface area contributed by atoms with Gasteiger partial charge in [0.15, 0.2) is 5.96 Å². The SMILES string of the molecule is CCNC(=NCc1cccc(C(F)(F)F)c1)N1CCC(CC(=O)NC)CC1.I. The molecule has 1 aromatic carbocycles. The minimum Gasteiger partial charge on any atom is -0.359 e. The van der Waals surface area contributed by atoms with Crippen molar-refractivity contribution in [1.29, 1.82) is 0 Å². The summed E-state index contributed by atoms with van der Waals surface area (Å²) in [5, 5.41) is 5.86. The van der Waals surface area contributed by atoms with Crippen molar-refractivity contribution in [1.82, 2.24) is 15.5 Å². The van der Waals surface area contributed by atoms with Crippen molar-refractivity contribution in [2.75, 3.05) is 26.7 Å². The number of rotatable bonds is 5. The molecule has 5 nitrogen and oxygen atoms in total. The highest BCUT2D eigenvalue weighted by Crippen LogP contribution is 2.29. The number of guanidine groups is 1. The van der Waals surface area contributed by atoms with Crippen LogP contribution >= 0.6 is 24.0 Å². The Hall–Kier alpha value is -1.52. The molecule has 1 heterocycles. The molecule has 0 spiro atoms. The molecule has 9 heteroatoms. The second-order valence-electron chi connectivity index (χ2n) is 6.68. The number of nitrogens with one attached hydrogen (secondary N) is 2. The number of hydrogen-bond acceptors (Lipinski definition) is 2. The second-order valence-corrected chi connectivity index (χ2v) is 6.68. The van der Waals surface area contributed by atoms with Crippen molar-refractivity contribution in [3.8, 4) is 0 Å². The fraction of sp³-hybridized carbons (Fsp3) is 0.579. The number of carbonyl (C=O) groups is 1. The average molecular weight is 512 g/mol. The number of nitrogens with zero attached hydrogens (tertiary/aromatic N) is 2. The maximum atomic E-state index is 12.8. The van der Waals surface area contributed by atoms with E-state index in [0.717, 1.165) is 38.1 Å². The van der Waals surface area contributed by atoms with Crippen molar-refractivity contribution >= 4 is 35.8 Å². The molecule has 2 N–H and O–H groups in total. The predicted octanol–water partition coefficient (Wildman–Crippen LogP) is 3.64. The maximum absolute atomic E-state index is 12.8. The molecule has 0 saturated carbocycles. The minimum atomic E-state index is -4.35. The Balaban J connectivity index is 0.00000392. The number of aliphatic imine (C=N–C) groups is 1. The number of amides is 1. The Labute approximate surface area is 181 Å². The molecule has 1 aliphatic rings. The van der Waals surface area contributed by atoms with Gasteiger partial charge in [0.2, 0.25) is 5.91 Å². The number of carbonyl (C=O) groups excluding carboxylic acids is 1. The van der Waals surface area contributed by atoms with Crippen LogP contribution in [-0.2, 0) is 17.5 Å². The molecular formula is C19H28F3IN4O. The van der Waals surface area contributed by atoms with E-state index in [1.165, 1.54) is 6.07 Å². The van der Waals surface area contributed by atoms with E-state index in [-0.39, 0.29) is 36.4 Å². The number of alkyl halides is 3. The molecule has 1 fully saturated rings. The third kappa shape index (κ3) is 7.48. The van der Waals surface area contributed by atoms with Gasteiger partial charge in [-0.25, -0.2) is 4.99 Å². The quantitative estimate of drug-likeness (QED) is 0.360. The Morgan fingerprint density at radius 3 is 2.54 bits per heavy atom. The molecule has 0 aromatic heterocycles. The molecule has 2 rings (SSSR count). The molecule has 158 valence electrons. The lowest BCUT2D eigenvalue weighted by molar-refractivity contribution is -0.137. The Bertz CT molecular complexity index is 659. The summed E-state index contributed by atoms with van der Waals surface area (Å²) in [7, 11) is 1.64. The van der Waals surface area contributed by atoms with Crippen LogP contribution in [0.1, 0.15) is 37.3 Å². The van der Waals surface area contributed by atoms with Crippen LogP contribution < -0.4 is 10.6 Å². The highest BCUT2D eigenvalue weighted by Gasteiger charge is 2.30. The number of halogens is 4. The van der Waals surface area contributed by atoms with E-state index in [9.17, 15) is 18.0 Å². The molecule has 0 atom stereocenters. The summed E-state index contributed by atoms with van der Waals surface area (Å²) in [5.74, 6) is 1.11. The number of likely N-dealkylation sites (tertiary alicyclic amines) is 1. The summed E-state index contributed by atoms with van der Waals surface area (Å²) in [5.41, 5.74) is -0.134. The lowest BCUT2D eigenvalue weighted by Crippen LogP contribution is -2.46. The molecule has 1 saturated heterocycles. The van der Waals surface area contributed by atoms with E-state index < -0.39 is 11.7 Å². The lowest BCUT2D eigenvalue weighted by Gasteiger charge is -2.34. The van der Waals surface area contributed by atoms with Gasteiger partial charge in [-0.15, -0.1) is 24.0 Å². The van der Waals surface area contributed by atoms with Gasteiger partial charge >= 0.3 is 6.18 Å². The first kappa shape index (κ1) is 24.5. The fourth-order valence-corrected chi connectivity index (χ4v) is 3.15. The molecular weight excluding hydrogens is 484 g/mol. The van der Waals surface area contributed by atoms with Gasteiger partial charge in [0.25, 0.3) is 0 Å². The molecule has 1 amide bonds. The molecule has 0 unspecified atom stereocenters. The summed E-state index contributed by atoms with van der Waals surface area (Å²) in [6.07, 6.45) is -2.04.